The maximum atomic E-state index is 12.9. The van der Waals surface area contributed by atoms with Crippen LogP contribution >= 0.6 is 0 Å². The summed E-state index contributed by atoms with van der Waals surface area (Å²) in [5, 5.41) is 8.44. The van der Waals surface area contributed by atoms with E-state index < -0.39 is 0 Å². The number of amides is 1. The van der Waals surface area contributed by atoms with E-state index in [-0.39, 0.29) is 12.1 Å². The van der Waals surface area contributed by atoms with Crippen molar-refractivity contribution in [3.8, 4) is 0 Å². The molecule has 6 nitrogen and oxygen atoms in total. The Bertz CT molecular complexity index is 966. The molecule has 1 fully saturated rings. The highest BCUT2D eigenvalue weighted by molar-refractivity contribution is 5.89. The first-order valence-corrected chi connectivity index (χ1v) is 9.78. The van der Waals surface area contributed by atoms with E-state index in [4.69, 9.17) is 0 Å². The van der Waals surface area contributed by atoms with E-state index >= 15 is 0 Å². The van der Waals surface area contributed by atoms with Crippen LogP contribution in [-0.2, 0) is 6.54 Å². The van der Waals surface area contributed by atoms with Gasteiger partial charge in [-0.05, 0) is 25.6 Å². The van der Waals surface area contributed by atoms with E-state index in [9.17, 15) is 4.79 Å². The zero-order valence-corrected chi connectivity index (χ0v) is 16.5. The van der Waals surface area contributed by atoms with Crippen LogP contribution in [0.4, 0.5) is 4.79 Å². The van der Waals surface area contributed by atoms with Crippen LogP contribution in [0.1, 0.15) is 11.1 Å². The van der Waals surface area contributed by atoms with E-state index in [2.05, 4.69) is 58.5 Å². The summed E-state index contributed by atoms with van der Waals surface area (Å²) in [5.74, 6) is 0. The number of likely N-dealkylation sites (N-methyl/N-ethyl adjacent to an activating group) is 1. The minimum atomic E-state index is -0.169. The Balaban J connectivity index is 1.47. The molecule has 6 heteroatoms. The molecular formula is C22H27N5O. The molecule has 1 N–H and O–H groups in total. The minimum Gasteiger partial charge on any atom is -0.331 e. The lowest BCUT2D eigenvalue weighted by molar-refractivity contribution is 0.225. The average Bonchev–Trinajstić information content (AvgIpc) is 3.02. The molecule has 4 rings (SSSR count). The van der Waals surface area contributed by atoms with E-state index in [1.807, 2.05) is 24.3 Å². The average molecular weight is 377 g/mol. The fourth-order valence-electron chi connectivity index (χ4n) is 3.91. The standard InChI is InChI=1S/C22H27N5O/c1-17-6-5-7-18(12-17)14-26-11-10-25(2)15-20(16-26)24-22(28)27-21-9-4-3-8-19(21)13-23-27/h3-9,12-13,20H,10-11,14-16H2,1-2H3,(H,24,28). The Hall–Kier alpha value is -2.70. The number of nitrogens with zero attached hydrogens (tertiary/aromatic N) is 4. The molecule has 2 heterocycles. The van der Waals surface area contributed by atoms with E-state index in [1.165, 1.54) is 15.8 Å². The van der Waals surface area contributed by atoms with Crippen LogP contribution in [0.2, 0.25) is 0 Å². The lowest BCUT2D eigenvalue weighted by atomic mass is 10.1. The Labute approximate surface area is 165 Å². The molecule has 1 unspecified atom stereocenters. The van der Waals surface area contributed by atoms with Gasteiger partial charge in [-0.25, -0.2) is 4.79 Å². The van der Waals surface area contributed by atoms with Crippen molar-refractivity contribution in [2.75, 3.05) is 33.2 Å². The lowest BCUT2D eigenvalue weighted by Crippen LogP contribution is -2.47. The topological polar surface area (TPSA) is 53.4 Å². The van der Waals surface area contributed by atoms with Crippen molar-refractivity contribution in [2.24, 2.45) is 0 Å². The number of rotatable bonds is 3. The number of hydrogen-bond donors (Lipinski definition) is 1. The van der Waals surface area contributed by atoms with E-state index in [1.54, 1.807) is 6.20 Å². The van der Waals surface area contributed by atoms with Crippen LogP contribution in [0.5, 0.6) is 0 Å². The largest absolute Gasteiger partial charge is 0.342 e. The van der Waals surface area contributed by atoms with E-state index in [0.29, 0.717) is 0 Å². The van der Waals surface area contributed by atoms with Crippen LogP contribution in [0.3, 0.4) is 0 Å². The zero-order chi connectivity index (χ0) is 19.5. The van der Waals surface area contributed by atoms with Crippen LogP contribution in [0.15, 0.2) is 54.7 Å². The number of aryl methyl sites for hydroxylation is 1. The van der Waals surface area contributed by atoms with Gasteiger partial charge in [0.1, 0.15) is 0 Å². The fourth-order valence-corrected chi connectivity index (χ4v) is 3.91. The van der Waals surface area contributed by atoms with Crippen molar-refractivity contribution in [1.29, 1.82) is 0 Å². The molecule has 1 saturated heterocycles. The quantitative estimate of drug-likeness (QED) is 0.763. The third-order valence-electron chi connectivity index (χ3n) is 5.29. The number of fused-ring (bicyclic) bond motifs is 1. The van der Waals surface area contributed by atoms with Gasteiger partial charge in [-0.3, -0.25) is 4.90 Å². The predicted molar refractivity (Wildman–Crippen MR) is 111 cm³/mol. The number of carbonyl (C=O) groups is 1. The number of para-hydroxylation sites is 1. The Morgan fingerprint density at radius 1 is 1.14 bits per heavy atom. The molecule has 28 heavy (non-hydrogen) atoms. The Morgan fingerprint density at radius 3 is 2.86 bits per heavy atom. The highest BCUT2D eigenvalue weighted by Crippen LogP contribution is 2.13. The van der Waals surface area contributed by atoms with Crippen LogP contribution in [-0.4, -0.2) is 64.9 Å². The Morgan fingerprint density at radius 2 is 2.00 bits per heavy atom. The second-order valence-electron chi connectivity index (χ2n) is 7.75. The summed E-state index contributed by atoms with van der Waals surface area (Å²) in [7, 11) is 2.11. The summed E-state index contributed by atoms with van der Waals surface area (Å²) in [6.45, 7) is 6.65. The number of nitrogens with one attached hydrogen (secondary N) is 1. The number of aromatic nitrogens is 2. The van der Waals surface area contributed by atoms with Crippen LogP contribution < -0.4 is 5.32 Å². The molecule has 0 radical (unpaired) electrons. The smallest absolute Gasteiger partial charge is 0.331 e. The molecule has 1 atom stereocenters. The van der Waals surface area contributed by atoms with Gasteiger partial charge in [0.2, 0.25) is 0 Å². The Kier molecular flexibility index (Phi) is 5.41. The van der Waals surface area contributed by atoms with Crippen LogP contribution in [0, 0.1) is 6.92 Å². The van der Waals surface area contributed by atoms with Gasteiger partial charge in [0.05, 0.1) is 17.8 Å². The SMILES string of the molecule is Cc1cccc(CN2CCN(C)CC(NC(=O)n3ncc4ccccc43)C2)c1. The maximum Gasteiger partial charge on any atom is 0.342 e. The summed E-state index contributed by atoms with van der Waals surface area (Å²) in [6.07, 6.45) is 1.73. The van der Waals surface area contributed by atoms with Crippen LogP contribution in [0.25, 0.3) is 10.9 Å². The maximum absolute atomic E-state index is 12.9. The van der Waals surface area contributed by atoms with Gasteiger partial charge < -0.3 is 10.2 Å². The minimum absolute atomic E-state index is 0.0489. The number of carbonyl (C=O) groups excluding carboxylic acids is 1. The van der Waals surface area contributed by atoms with Gasteiger partial charge >= 0.3 is 6.03 Å². The molecule has 0 saturated carbocycles. The molecule has 1 amide bonds. The molecule has 0 bridgehead atoms. The van der Waals surface area contributed by atoms with Crippen molar-refractivity contribution in [1.82, 2.24) is 24.9 Å². The van der Waals surface area contributed by atoms with Crippen molar-refractivity contribution < 1.29 is 4.79 Å². The molecule has 0 aliphatic carbocycles. The number of hydrogen-bond acceptors (Lipinski definition) is 4. The second kappa shape index (κ2) is 8.12. The predicted octanol–water partition coefficient (Wildman–Crippen LogP) is 2.72. The molecule has 1 aliphatic rings. The molecule has 146 valence electrons. The third kappa shape index (κ3) is 4.24. The highest BCUT2D eigenvalue weighted by atomic mass is 16.2. The van der Waals surface area contributed by atoms with Gasteiger partial charge in [0.15, 0.2) is 0 Å². The fraction of sp³-hybridized carbons (Fsp3) is 0.364. The molecule has 3 aromatic rings. The third-order valence-corrected chi connectivity index (χ3v) is 5.29. The summed E-state index contributed by atoms with van der Waals surface area (Å²) in [4.78, 5) is 17.6. The van der Waals surface area contributed by atoms with Gasteiger partial charge in [0, 0.05) is 38.1 Å². The lowest BCUT2D eigenvalue weighted by Gasteiger charge is -2.25. The summed E-state index contributed by atoms with van der Waals surface area (Å²) in [6, 6.07) is 16.3. The summed E-state index contributed by atoms with van der Waals surface area (Å²) >= 11 is 0. The highest BCUT2D eigenvalue weighted by Gasteiger charge is 2.23. The molecule has 0 spiro atoms. The first kappa shape index (κ1) is 18.7. The van der Waals surface area contributed by atoms with Gasteiger partial charge in [-0.2, -0.15) is 9.78 Å². The van der Waals surface area contributed by atoms with Gasteiger partial charge in [-0.1, -0.05) is 48.0 Å². The summed E-state index contributed by atoms with van der Waals surface area (Å²) in [5.41, 5.74) is 3.42. The molecule has 2 aromatic carbocycles. The van der Waals surface area contributed by atoms with Gasteiger partial charge in [0.25, 0.3) is 0 Å². The first-order chi connectivity index (χ1) is 13.6. The van der Waals surface area contributed by atoms with Gasteiger partial charge in [-0.15, -0.1) is 0 Å². The number of benzene rings is 2. The second-order valence-corrected chi connectivity index (χ2v) is 7.75. The summed E-state index contributed by atoms with van der Waals surface area (Å²) < 4.78 is 1.46. The van der Waals surface area contributed by atoms with Crippen molar-refractivity contribution in [3.63, 3.8) is 0 Å². The van der Waals surface area contributed by atoms with Crippen molar-refractivity contribution in [3.05, 3.63) is 65.9 Å². The van der Waals surface area contributed by atoms with E-state index in [0.717, 1.165) is 43.6 Å². The van der Waals surface area contributed by atoms with Crippen molar-refractivity contribution in [2.45, 2.75) is 19.5 Å². The monoisotopic (exact) mass is 377 g/mol. The molecule has 1 aromatic heterocycles. The first-order valence-electron chi connectivity index (χ1n) is 9.78. The molecular weight excluding hydrogens is 350 g/mol. The molecule has 1 aliphatic heterocycles. The normalized spacial score (nSPS) is 18.9. The van der Waals surface area contributed by atoms with Crippen molar-refractivity contribution >= 4 is 16.9 Å². The zero-order valence-electron chi connectivity index (χ0n) is 16.5.